The lowest BCUT2D eigenvalue weighted by Gasteiger charge is -2.08. The van der Waals surface area contributed by atoms with Gasteiger partial charge in [0.25, 0.3) is 11.6 Å². The molecule has 4 rings (SSSR count). The molecule has 0 saturated heterocycles. The van der Waals surface area contributed by atoms with Crippen LogP contribution in [0.4, 0.5) is 17.1 Å². The van der Waals surface area contributed by atoms with E-state index in [0.717, 1.165) is 18.7 Å². The lowest BCUT2D eigenvalue weighted by Crippen LogP contribution is -2.13. The molecule has 0 unspecified atom stereocenters. The number of hydrogen-bond donors (Lipinski definition) is 3. The zero-order valence-corrected chi connectivity index (χ0v) is 16.0. The van der Waals surface area contributed by atoms with Gasteiger partial charge in [-0.25, -0.2) is 0 Å². The molecule has 0 aliphatic carbocycles. The number of fused-ring (bicyclic) bond motifs is 1. The second-order valence-corrected chi connectivity index (χ2v) is 6.75. The fourth-order valence-electron chi connectivity index (χ4n) is 3.15. The molecule has 4 aromatic rings. The highest BCUT2D eigenvalue weighted by molar-refractivity contribution is 6.11. The van der Waals surface area contributed by atoms with E-state index in [1.165, 1.54) is 23.8 Å². The molecule has 8 heteroatoms. The Morgan fingerprint density at radius 3 is 2.47 bits per heavy atom. The van der Waals surface area contributed by atoms with Gasteiger partial charge in [0.1, 0.15) is 0 Å². The number of amides is 1. The largest absolute Gasteiger partial charge is 0.385 e. The van der Waals surface area contributed by atoms with Crippen LogP contribution in [0, 0.1) is 10.1 Å². The molecule has 0 bridgehead atoms. The quantitative estimate of drug-likeness (QED) is 0.314. The van der Waals surface area contributed by atoms with Crippen LogP contribution < -0.4 is 10.6 Å². The summed E-state index contributed by atoms with van der Waals surface area (Å²) in [6.07, 6.45) is 0.914. The molecule has 0 atom stereocenters. The highest BCUT2D eigenvalue weighted by atomic mass is 16.6. The number of aromatic amines is 1. The Balaban J connectivity index is 1.39. The van der Waals surface area contributed by atoms with E-state index in [4.69, 9.17) is 0 Å². The number of carbonyl (C=O) groups excluding carboxylic acids is 1. The van der Waals surface area contributed by atoms with E-state index < -0.39 is 10.8 Å². The molecule has 0 aliphatic heterocycles. The average Bonchev–Trinajstić information content (AvgIpc) is 3.19. The predicted molar refractivity (Wildman–Crippen MR) is 116 cm³/mol. The maximum absolute atomic E-state index is 12.6. The summed E-state index contributed by atoms with van der Waals surface area (Å²) in [7, 11) is 0. The van der Waals surface area contributed by atoms with Crippen LogP contribution in [-0.2, 0) is 6.42 Å². The van der Waals surface area contributed by atoms with Crippen LogP contribution in [0.15, 0.2) is 72.8 Å². The second-order valence-electron chi connectivity index (χ2n) is 6.75. The Bertz CT molecular complexity index is 1190. The standard InChI is InChI=1S/C22H19N5O3/c28-22(21-19-14-18(27(29)30)10-11-20(19)25-26-21)24-17-8-6-16(7-9-17)23-13-12-15-4-2-1-3-5-15/h1-11,14,23H,12-13H2,(H,24,28)(H,25,26). The fourth-order valence-corrected chi connectivity index (χ4v) is 3.15. The maximum atomic E-state index is 12.6. The molecular weight excluding hydrogens is 382 g/mol. The minimum Gasteiger partial charge on any atom is -0.385 e. The van der Waals surface area contributed by atoms with Crippen LogP contribution in [0.25, 0.3) is 10.9 Å². The molecule has 0 radical (unpaired) electrons. The lowest BCUT2D eigenvalue weighted by atomic mass is 10.1. The van der Waals surface area contributed by atoms with Crippen molar-refractivity contribution in [2.45, 2.75) is 6.42 Å². The number of H-pyrrole nitrogens is 1. The van der Waals surface area contributed by atoms with Gasteiger partial charge in [0.05, 0.1) is 10.4 Å². The third kappa shape index (κ3) is 4.27. The van der Waals surface area contributed by atoms with E-state index >= 15 is 0 Å². The Morgan fingerprint density at radius 2 is 1.73 bits per heavy atom. The maximum Gasteiger partial charge on any atom is 0.276 e. The molecule has 3 aromatic carbocycles. The molecule has 0 saturated carbocycles. The number of rotatable bonds is 7. The Hall–Kier alpha value is -4.20. The first kappa shape index (κ1) is 19.1. The van der Waals surface area contributed by atoms with Gasteiger partial charge in [-0.15, -0.1) is 0 Å². The molecule has 150 valence electrons. The van der Waals surface area contributed by atoms with Gasteiger partial charge in [0, 0.05) is 35.4 Å². The zero-order valence-electron chi connectivity index (χ0n) is 16.0. The van der Waals surface area contributed by atoms with Gasteiger partial charge in [-0.3, -0.25) is 20.0 Å². The monoisotopic (exact) mass is 401 g/mol. The molecule has 1 aromatic heterocycles. The van der Waals surface area contributed by atoms with E-state index in [1.54, 1.807) is 12.1 Å². The van der Waals surface area contributed by atoms with Crippen molar-refractivity contribution in [3.8, 4) is 0 Å². The molecule has 30 heavy (non-hydrogen) atoms. The van der Waals surface area contributed by atoms with Crippen molar-refractivity contribution in [2.24, 2.45) is 0 Å². The first-order valence-corrected chi connectivity index (χ1v) is 9.42. The van der Waals surface area contributed by atoms with Crippen LogP contribution in [0.1, 0.15) is 16.1 Å². The molecule has 0 spiro atoms. The number of nitrogens with zero attached hydrogens (tertiary/aromatic N) is 2. The molecule has 1 heterocycles. The molecule has 3 N–H and O–H groups in total. The van der Waals surface area contributed by atoms with Crippen molar-refractivity contribution in [3.05, 3.63) is 94.2 Å². The molecule has 8 nitrogen and oxygen atoms in total. The van der Waals surface area contributed by atoms with E-state index in [0.29, 0.717) is 16.6 Å². The predicted octanol–water partition coefficient (Wildman–Crippen LogP) is 4.38. The Labute approximate surface area is 172 Å². The van der Waals surface area contributed by atoms with Gasteiger partial charge in [0.15, 0.2) is 5.69 Å². The Morgan fingerprint density at radius 1 is 1.00 bits per heavy atom. The van der Waals surface area contributed by atoms with Crippen LogP contribution in [-0.4, -0.2) is 27.6 Å². The first-order chi connectivity index (χ1) is 14.6. The minimum absolute atomic E-state index is 0.0936. The fraction of sp³-hybridized carbons (Fsp3) is 0.0909. The number of nitro benzene ring substituents is 1. The lowest BCUT2D eigenvalue weighted by molar-refractivity contribution is -0.384. The van der Waals surface area contributed by atoms with Crippen molar-refractivity contribution < 1.29 is 9.72 Å². The van der Waals surface area contributed by atoms with Gasteiger partial charge >= 0.3 is 0 Å². The second kappa shape index (κ2) is 8.44. The summed E-state index contributed by atoms with van der Waals surface area (Å²) >= 11 is 0. The number of nitro groups is 1. The topological polar surface area (TPSA) is 113 Å². The number of nitrogens with one attached hydrogen (secondary N) is 3. The van der Waals surface area contributed by atoms with Crippen molar-refractivity contribution in [2.75, 3.05) is 17.2 Å². The van der Waals surface area contributed by atoms with Gasteiger partial charge in [0.2, 0.25) is 0 Å². The Kier molecular flexibility index (Phi) is 5.38. The van der Waals surface area contributed by atoms with Gasteiger partial charge in [-0.1, -0.05) is 30.3 Å². The van der Waals surface area contributed by atoms with Crippen molar-refractivity contribution in [1.82, 2.24) is 10.2 Å². The summed E-state index contributed by atoms with van der Waals surface area (Å²) in [6, 6.07) is 21.8. The summed E-state index contributed by atoms with van der Waals surface area (Å²) in [5.74, 6) is -0.438. The normalized spacial score (nSPS) is 10.7. The van der Waals surface area contributed by atoms with Crippen molar-refractivity contribution in [1.29, 1.82) is 0 Å². The third-order valence-corrected chi connectivity index (χ3v) is 4.70. The van der Waals surface area contributed by atoms with Crippen LogP contribution in [0.2, 0.25) is 0 Å². The number of benzene rings is 3. The smallest absolute Gasteiger partial charge is 0.276 e. The van der Waals surface area contributed by atoms with Crippen LogP contribution in [0.5, 0.6) is 0 Å². The van der Waals surface area contributed by atoms with Crippen LogP contribution >= 0.6 is 0 Å². The number of carbonyl (C=O) groups is 1. The summed E-state index contributed by atoms with van der Waals surface area (Å²) in [4.78, 5) is 23.1. The van der Waals surface area contributed by atoms with E-state index in [-0.39, 0.29) is 11.4 Å². The number of anilines is 2. The first-order valence-electron chi connectivity index (χ1n) is 9.42. The van der Waals surface area contributed by atoms with E-state index in [2.05, 4.69) is 33.0 Å². The molecular formula is C22H19N5O3. The number of non-ortho nitro benzene ring substituents is 1. The van der Waals surface area contributed by atoms with Gasteiger partial charge < -0.3 is 10.6 Å². The van der Waals surface area contributed by atoms with Gasteiger partial charge in [-0.2, -0.15) is 5.10 Å². The summed E-state index contributed by atoms with van der Waals surface area (Å²) < 4.78 is 0. The van der Waals surface area contributed by atoms with Crippen molar-refractivity contribution in [3.63, 3.8) is 0 Å². The highest BCUT2D eigenvalue weighted by Gasteiger charge is 2.17. The third-order valence-electron chi connectivity index (χ3n) is 4.70. The number of hydrogen-bond acceptors (Lipinski definition) is 5. The number of aromatic nitrogens is 2. The molecule has 1 amide bonds. The summed E-state index contributed by atoms with van der Waals surface area (Å²) in [5, 5.41) is 24.3. The average molecular weight is 401 g/mol. The van der Waals surface area contributed by atoms with E-state index in [1.807, 2.05) is 30.3 Å². The minimum atomic E-state index is -0.502. The SMILES string of the molecule is O=C(Nc1ccc(NCCc2ccccc2)cc1)c1n[nH]c2ccc([N+](=O)[O-])cc12. The van der Waals surface area contributed by atoms with Crippen LogP contribution in [0.3, 0.4) is 0 Å². The molecule has 0 fully saturated rings. The van der Waals surface area contributed by atoms with E-state index in [9.17, 15) is 14.9 Å². The summed E-state index contributed by atoms with van der Waals surface area (Å²) in [6.45, 7) is 0.799. The van der Waals surface area contributed by atoms with Crippen molar-refractivity contribution >= 4 is 33.9 Å². The van der Waals surface area contributed by atoms with Gasteiger partial charge in [-0.05, 0) is 42.3 Å². The highest BCUT2D eigenvalue weighted by Crippen LogP contribution is 2.23. The summed E-state index contributed by atoms with van der Waals surface area (Å²) in [5.41, 5.74) is 3.40. The zero-order chi connectivity index (χ0) is 20.9. The molecule has 0 aliphatic rings.